The second kappa shape index (κ2) is 7.27. The molecule has 1 aliphatic heterocycles. The number of unbranched alkanes of at least 4 members (excludes halogenated alkanes) is 1. The number of hydrogen-bond acceptors (Lipinski definition) is 3. The fraction of sp³-hybridized carbons (Fsp3) is 0.833. The lowest BCUT2D eigenvalue weighted by Gasteiger charge is -2.26. The third kappa shape index (κ3) is 5.68. The molecule has 0 aromatic heterocycles. The van der Waals surface area contributed by atoms with E-state index >= 15 is 0 Å². The van der Waals surface area contributed by atoms with Gasteiger partial charge in [-0.15, -0.1) is 0 Å². The Hall–Kier alpha value is -1.10. The van der Waals surface area contributed by atoms with Crippen LogP contribution in [0.4, 0.5) is 0 Å². The SMILES string of the molecule is CC1CC(C(=O)NCCCCC(=O)O)CCO1. The number of nitrogens with one attached hydrogen (secondary N) is 1. The first kappa shape index (κ1) is 14.0. The lowest BCUT2D eigenvalue weighted by Crippen LogP contribution is -2.36. The Bertz CT molecular complexity index is 267. The Kier molecular flexibility index (Phi) is 5.97. The molecule has 0 aromatic carbocycles. The second-order valence-corrected chi connectivity index (χ2v) is 4.54. The third-order valence-corrected chi connectivity index (χ3v) is 2.97. The minimum atomic E-state index is -0.783. The van der Waals surface area contributed by atoms with Gasteiger partial charge in [0.25, 0.3) is 0 Å². The summed E-state index contributed by atoms with van der Waals surface area (Å²) in [6, 6.07) is 0. The number of ether oxygens (including phenoxy) is 1. The van der Waals surface area contributed by atoms with E-state index in [4.69, 9.17) is 9.84 Å². The summed E-state index contributed by atoms with van der Waals surface area (Å²) in [7, 11) is 0. The molecule has 98 valence electrons. The van der Waals surface area contributed by atoms with Crippen molar-refractivity contribution in [2.45, 2.75) is 45.1 Å². The monoisotopic (exact) mass is 243 g/mol. The fourth-order valence-corrected chi connectivity index (χ4v) is 1.99. The molecule has 1 amide bonds. The Morgan fingerprint density at radius 2 is 2.18 bits per heavy atom. The van der Waals surface area contributed by atoms with E-state index in [0.717, 1.165) is 19.3 Å². The average molecular weight is 243 g/mol. The maximum Gasteiger partial charge on any atom is 0.303 e. The molecular weight excluding hydrogens is 222 g/mol. The zero-order valence-electron chi connectivity index (χ0n) is 10.3. The number of amides is 1. The van der Waals surface area contributed by atoms with Gasteiger partial charge in [0.15, 0.2) is 0 Å². The highest BCUT2D eigenvalue weighted by Gasteiger charge is 2.24. The van der Waals surface area contributed by atoms with Gasteiger partial charge in [0.2, 0.25) is 5.91 Å². The zero-order valence-corrected chi connectivity index (χ0v) is 10.3. The summed E-state index contributed by atoms with van der Waals surface area (Å²) in [4.78, 5) is 22.0. The molecule has 0 bridgehead atoms. The molecule has 1 fully saturated rings. The van der Waals surface area contributed by atoms with Crippen LogP contribution in [0.5, 0.6) is 0 Å². The summed E-state index contributed by atoms with van der Waals surface area (Å²) in [5.74, 6) is -0.650. The van der Waals surface area contributed by atoms with Gasteiger partial charge in [-0.05, 0) is 32.6 Å². The van der Waals surface area contributed by atoms with Crippen molar-refractivity contribution in [2.75, 3.05) is 13.2 Å². The van der Waals surface area contributed by atoms with Crippen molar-refractivity contribution in [3.8, 4) is 0 Å². The molecule has 0 radical (unpaired) electrons. The van der Waals surface area contributed by atoms with Crippen LogP contribution in [-0.2, 0) is 14.3 Å². The first-order valence-electron chi connectivity index (χ1n) is 6.20. The van der Waals surface area contributed by atoms with E-state index in [9.17, 15) is 9.59 Å². The van der Waals surface area contributed by atoms with Gasteiger partial charge in [-0.25, -0.2) is 0 Å². The summed E-state index contributed by atoms with van der Waals surface area (Å²) >= 11 is 0. The number of hydrogen-bond donors (Lipinski definition) is 2. The lowest BCUT2D eigenvalue weighted by atomic mass is 9.95. The summed E-state index contributed by atoms with van der Waals surface area (Å²) < 4.78 is 5.38. The van der Waals surface area contributed by atoms with E-state index in [0.29, 0.717) is 19.6 Å². The maximum atomic E-state index is 11.8. The van der Waals surface area contributed by atoms with Gasteiger partial charge in [0.05, 0.1) is 6.10 Å². The molecule has 1 heterocycles. The molecule has 0 aromatic rings. The molecule has 1 saturated heterocycles. The number of carbonyl (C=O) groups is 2. The Morgan fingerprint density at radius 3 is 2.82 bits per heavy atom. The topological polar surface area (TPSA) is 75.6 Å². The Morgan fingerprint density at radius 1 is 1.41 bits per heavy atom. The van der Waals surface area contributed by atoms with Crippen LogP contribution in [0.25, 0.3) is 0 Å². The predicted molar refractivity (Wildman–Crippen MR) is 62.6 cm³/mol. The van der Waals surface area contributed by atoms with Crippen LogP contribution in [-0.4, -0.2) is 36.2 Å². The van der Waals surface area contributed by atoms with Crippen molar-refractivity contribution >= 4 is 11.9 Å². The summed E-state index contributed by atoms with van der Waals surface area (Å²) in [6.45, 7) is 3.20. The van der Waals surface area contributed by atoms with Gasteiger partial charge >= 0.3 is 5.97 Å². The zero-order chi connectivity index (χ0) is 12.7. The van der Waals surface area contributed by atoms with Crippen molar-refractivity contribution in [3.05, 3.63) is 0 Å². The summed E-state index contributed by atoms with van der Waals surface area (Å²) in [5, 5.41) is 11.3. The van der Waals surface area contributed by atoms with Crippen molar-refractivity contribution < 1.29 is 19.4 Å². The van der Waals surface area contributed by atoms with E-state index in [1.54, 1.807) is 0 Å². The Labute approximate surface area is 102 Å². The van der Waals surface area contributed by atoms with Crippen LogP contribution < -0.4 is 5.32 Å². The molecule has 0 aliphatic carbocycles. The van der Waals surface area contributed by atoms with Gasteiger partial charge < -0.3 is 15.2 Å². The lowest BCUT2D eigenvalue weighted by molar-refractivity contribution is -0.137. The van der Waals surface area contributed by atoms with E-state index in [-0.39, 0.29) is 24.3 Å². The molecular formula is C12H21NO4. The Balaban J connectivity index is 2.10. The molecule has 17 heavy (non-hydrogen) atoms. The highest BCUT2D eigenvalue weighted by atomic mass is 16.5. The average Bonchev–Trinajstić information content (AvgIpc) is 2.28. The predicted octanol–water partition coefficient (Wildman–Crippen LogP) is 1.17. The maximum absolute atomic E-state index is 11.8. The van der Waals surface area contributed by atoms with Crippen LogP contribution >= 0.6 is 0 Å². The van der Waals surface area contributed by atoms with Crippen molar-refractivity contribution in [1.29, 1.82) is 0 Å². The molecule has 1 rings (SSSR count). The van der Waals surface area contributed by atoms with E-state index in [2.05, 4.69) is 5.32 Å². The molecule has 0 spiro atoms. The number of carbonyl (C=O) groups excluding carboxylic acids is 1. The quantitative estimate of drug-likeness (QED) is 0.687. The first-order valence-corrected chi connectivity index (χ1v) is 6.20. The van der Waals surface area contributed by atoms with Gasteiger partial charge in [-0.2, -0.15) is 0 Å². The van der Waals surface area contributed by atoms with E-state index < -0.39 is 5.97 Å². The molecule has 5 nitrogen and oxygen atoms in total. The standard InChI is InChI=1S/C12H21NO4/c1-9-8-10(5-7-17-9)12(16)13-6-3-2-4-11(14)15/h9-10H,2-8H2,1H3,(H,13,16)(H,14,15). The van der Waals surface area contributed by atoms with Gasteiger partial charge in [0.1, 0.15) is 0 Å². The highest BCUT2D eigenvalue weighted by Crippen LogP contribution is 2.19. The minimum Gasteiger partial charge on any atom is -0.481 e. The summed E-state index contributed by atoms with van der Waals surface area (Å²) in [5.41, 5.74) is 0. The van der Waals surface area contributed by atoms with E-state index in [1.165, 1.54) is 0 Å². The van der Waals surface area contributed by atoms with Crippen LogP contribution in [0.3, 0.4) is 0 Å². The van der Waals surface area contributed by atoms with E-state index in [1.807, 2.05) is 6.92 Å². The first-order chi connectivity index (χ1) is 8.09. The fourth-order valence-electron chi connectivity index (χ4n) is 1.99. The second-order valence-electron chi connectivity index (χ2n) is 4.54. The molecule has 5 heteroatoms. The van der Waals surface area contributed by atoms with Crippen LogP contribution in [0.1, 0.15) is 39.0 Å². The van der Waals surface area contributed by atoms with Gasteiger partial charge in [-0.3, -0.25) is 9.59 Å². The highest BCUT2D eigenvalue weighted by molar-refractivity contribution is 5.78. The third-order valence-electron chi connectivity index (χ3n) is 2.97. The van der Waals surface area contributed by atoms with Crippen LogP contribution in [0.15, 0.2) is 0 Å². The van der Waals surface area contributed by atoms with Crippen molar-refractivity contribution in [2.24, 2.45) is 5.92 Å². The van der Waals surface area contributed by atoms with Crippen molar-refractivity contribution in [1.82, 2.24) is 5.32 Å². The molecule has 2 N–H and O–H groups in total. The normalized spacial score (nSPS) is 24.3. The molecule has 2 unspecified atom stereocenters. The van der Waals surface area contributed by atoms with Crippen LogP contribution in [0.2, 0.25) is 0 Å². The number of carboxylic acids is 1. The van der Waals surface area contributed by atoms with Crippen molar-refractivity contribution in [3.63, 3.8) is 0 Å². The largest absolute Gasteiger partial charge is 0.481 e. The minimum absolute atomic E-state index is 0.0539. The molecule has 0 saturated carbocycles. The van der Waals surface area contributed by atoms with Crippen LogP contribution in [0, 0.1) is 5.92 Å². The van der Waals surface area contributed by atoms with Gasteiger partial charge in [-0.1, -0.05) is 0 Å². The molecule has 2 atom stereocenters. The van der Waals surface area contributed by atoms with Gasteiger partial charge in [0, 0.05) is 25.5 Å². The number of rotatable bonds is 6. The number of aliphatic carboxylic acids is 1. The summed E-state index contributed by atoms with van der Waals surface area (Å²) in [6.07, 6.45) is 3.22. The molecule has 1 aliphatic rings. The number of carboxylic acid groups (broad SMARTS) is 1. The smallest absolute Gasteiger partial charge is 0.303 e.